The third kappa shape index (κ3) is 3.14. The van der Waals surface area contributed by atoms with Gasteiger partial charge in [-0.3, -0.25) is 0 Å². The molecule has 2 unspecified atom stereocenters. The predicted molar refractivity (Wildman–Crippen MR) is 80.3 cm³/mol. The van der Waals surface area contributed by atoms with Gasteiger partial charge < -0.3 is 10.2 Å². The minimum Gasteiger partial charge on any atom is -0.334 e. The van der Waals surface area contributed by atoms with Gasteiger partial charge >= 0.3 is 6.03 Å². The quantitative estimate of drug-likeness (QED) is 0.879. The summed E-state index contributed by atoms with van der Waals surface area (Å²) in [4.78, 5) is 14.3. The Morgan fingerprint density at radius 3 is 2.65 bits per heavy atom. The van der Waals surface area contributed by atoms with Crippen LogP contribution in [0, 0.1) is 11.8 Å². The first-order valence-corrected chi connectivity index (χ1v) is 7.89. The van der Waals surface area contributed by atoms with Crippen molar-refractivity contribution >= 4 is 6.03 Å². The van der Waals surface area contributed by atoms with Crippen LogP contribution < -0.4 is 5.32 Å². The topological polar surface area (TPSA) is 32.3 Å². The Labute approximate surface area is 121 Å². The van der Waals surface area contributed by atoms with E-state index in [9.17, 15) is 4.79 Å². The van der Waals surface area contributed by atoms with Crippen LogP contribution in [0.15, 0.2) is 30.3 Å². The maximum Gasteiger partial charge on any atom is 0.317 e. The number of amides is 2. The van der Waals surface area contributed by atoms with Crippen LogP contribution in [-0.2, 0) is 6.54 Å². The molecule has 3 heteroatoms. The number of urea groups is 1. The summed E-state index contributed by atoms with van der Waals surface area (Å²) in [5.41, 5.74) is 1.16. The van der Waals surface area contributed by atoms with Crippen molar-refractivity contribution in [2.24, 2.45) is 11.8 Å². The Kier molecular flexibility index (Phi) is 4.24. The molecule has 0 bridgehead atoms. The molecule has 1 saturated carbocycles. The number of nitrogens with one attached hydrogen (secondary N) is 1. The molecule has 1 heterocycles. The summed E-state index contributed by atoms with van der Waals surface area (Å²) >= 11 is 0. The fourth-order valence-electron chi connectivity index (χ4n) is 3.67. The summed E-state index contributed by atoms with van der Waals surface area (Å²) in [5.74, 6) is 1.63. The van der Waals surface area contributed by atoms with Crippen LogP contribution in [0.5, 0.6) is 0 Å². The molecule has 0 radical (unpaired) electrons. The van der Waals surface area contributed by atoms with Crippen molar-refractivity contribution in [1.29, 1.82) is 0 Å². The van der Waals surface area contributed by atoms with Crippen molar-refractivity contribution in [2.75, 3.05) is 13.1 Å². The van der Waals surface area contributed by atoms with E-state index in [4.69, 9.17) is 0 Å². The van der Waals surface area contributed by atoms with E-state index in [-0.39, 0.29) is 6.03 Å². The fraction of sp³-hybridized carbons (Fsp3) is 0.588. The highest BCUT2D eigenvalue weighted by atomic mass is 16.2. The normalized spacial score (nSPS) is 25.9. The standard InChI is InChI=1S/C17H24N2O/c20-17(18-12-14-6-2-1-3-7-14)19-11-10-15-8-4-5-9-16(15)13-19/h1-3,6-7,15-16H,4-5,8-13H2,(H,18,20). The van der Waals surface area contributed by atoms with Gasteiger partial charge in [-0.2, -0.15) is 0 Å². The number of hydrogen-bond acceptors (Lipinski definition) is 1. The van der Waals surface area contributed by atoms with Gasteiger partial charge in [-0.05, 0) is 30.2 Å². The van der Waals surface area contributed by atoms with Gasteiger partial charge in [0.25, 0.3) is 0 Å². The van der Waals surface area contributed by atoms with Gasteiger partial charge in [-0.25, -0.2) is 4.79 Å². The fourth-order valence-corrected chi connectivity index (χ4v) is 3.67. The maximum absolute atomic E-state index is 12.3. The summed E-state index contributed by atoms with van der Waals surface area (Å²) in [6.45, 7) is 2.53. The number of nitrogens with zero attached hydrogens (tertiary/aromatic N) is 1. The molecule has 1 N–H and O–H groups in total. The molecule has 108 valence electrons. The van der Waals surface area contributed by atoms with E-state index >= 15 is 0 Å². The molecule has 1 aromatic carbocycles. The van der Waals surface area contributed by atoms with Gasteiger partial charge in [0.15, 0.2) is 0 Å². The Morgan fingerprint density at radius 2 is 1.85 bits per heavy atom. The molecule has 1 aliphatic heterocycles. The van der Waals surface area contributed by atoms with Crippen LogP contribution in [0.25, 0.3) is 0 Å². The molecule has 1 saturated heterocycles. The Morgan fingerprint density at radius 1 is 1.10 bits per heavy atom. The average Bonchev–Trinajstić information content (AvgIpc) is 2.53. The van der Waals surface area contributed by atoms with E-state index in [0.717, 1.165) is 30.5 Å². The summed E-state index contributed by atoms with van der Waals surface area (Å²) in [5, 5.41) is 3.05. The molecule has 1 aliphatic carbocycles. The number of rotatable bonds is 2. The molecule has 0 spiro atoms. The number of piperidine rings is 1. The van der Waals surface area contributed by atoms with Crippen molar-refractivity contribution in [3.8, 4) is 0 Å². The molecule has 2 atom stereocenters. The van der Waals surface area contributed by atoms with Gasteiger partial charge in [-0.15, -0.1) is 0 Å². The number of likely N-dealkylation sites (tertiary alicyclic amines) is 1. The maximum atomic E-state index is 12.3. The molecule has 2 fully saturated rings. The third-order valence-electron chi connectivity index (χ3n) is 4.86. The Bertz CT molecular complexity index is 446. The van der Waals surface area contributed by atoms with Crippen LogP contribution in [0.1, 0.15) is 37.7 Å². The smallest absolute Gasteiger partial charge is 0.317 e. The van der Waals surface area contributed by atoms with E-state index in [1.807, 2.05) is 35.2 Å². The molecule has 2 aliphatic rings. The molecule has 2 amide bonds. The lowest BCUT2D eigenvalue weighted by Crippen LogP contribution is -2.48. The minimum atomic E-state index is 0.109. The first-order valence-electron chi connectivity index (χ1n) is 7.89. The lowest BCUT2D eigenvalue weighted by Gasteiger charge is -2.41. The van der Waals surface area contributed by atoms with Gasteiger partial charge in [0, 0.05) is 19.6 Å². The van der Waals surface area contributed by atoms with Crippen LogP contribution in [-0.4, -0.2) is 24.0 Å². The SMILES string of the molecule is O=C(NCc1ccccc1)N1CCC2CCCCC2C1. The average molecular weight is 272 g/mol. The highest BCUT2D eigenvalue weighted by Gasteiger charge is 2.32. The van der Waals surface area contributed by atoms with Gasteiger partial charge in [0.1, 0.15) is 0 Å². The third-order valence-corrected chi connectivity index (χ3v) is 4.86. The first kappa shape index (κ1) is 13.5. The molecular formula is C17H24N2O. The molecule has 20 heavy (non-hydrogen) atoms. The number of carbonyl (C=O) groups is 1. The Hall–Kier alpha value is -1.51. The Balaban J connectivity index is 1.50. The van der Waals surface area contributed by atoms with Crippen molar-refractivity contribution in [3.05, 3.63) is 35.9 Å². The monoisotopic (exact) mass is 272 g/mol. The summed E-state index contributed by atoms with van der Waals surface area (Å²) < 4.78 is 0. The zero-order valence-corrected chi connectivity index (χ0v) is 12.1. The van der Waals surface area contributed by atoms with E-state index in [0.29, 0.717) is 6.54 Å². The van der Waals surface area contributed by atoms with Crippen molar-refractivity contribution in [3.63, 3.8) is 0 Å². The second-order valence-corrected chi connectivity index (χ2v) is 6.18. The summed E-state index contributed by atoms with van der Waals surface area (Å²) in [7, 11) is 0. The lowest BCUT2D eigenvalue weighted by atomic mass is 9.75. The van der Waals surface area contributed by atoms with E-state index in [2.05, 4.69) is 5.32 Å². The van der Waals surface area contributed by atoms with Crippen LogP contribution in [0.3, 0.4) is 0 Å². The van der Waals surface area contributed by atoms with Crippen LogP contribution in [0.2, 0.25) is 0 Å². The zero-order chi connectivity index (χ0) is 13.8. The van der Waals surface area contributed by atoms with E-state index in [1.54, 1.807) is 0 Å². The first-order chi connectivity index (χ1) is 9.83. The highest BCUT2D eigenvalue weighted by Crippen LogP contribution is 2.35. The minimum absolute atomic E-state index is 0.109. The second kappa shape index (κ2) is 6.29. The number of benzene rings is 1. The molecular weight excluding hydrogens is 248 g/mol. The zero-order valence-electron chi connectivity index (χ0n) is 12.1. The van der Waals surface area contributed by atoms with Crippen LogP contribution in [0.4, 0.5) is 4.79 Å². The second-order valence-electron chi connectivity index (χ2n) is 6.18. The van der Waals surface area contributed by atoms with Crippen LogP contribution >= 0.6 is 0 Å². The summed E-state index contributed by atoms with van der Waals surface area (Å²) in [6.07, 6.45) is 6.63. The molecule has 3 rings (SSSR count). The predicted octanol–water partition coefficient (Wildman–Crippen LogP) is 3.41. The summed E-state index contributed by atoms with van der Waals surface area (Å²) in [6, 6.07) is 10.2. The van der Waals surface area contributed by atoms with Crippen molar-refractivity contribution < 1.29 is 4.79 Å². The van der Waals surface area contributed by atoms with E-state index in [1.165, 1.54) is 32.1 Å². The molecule has 1 aromatic rings. The molecule has 0 aromatic heterocycles. The largest absolute Gasteiger partial charge is 0.334 e. The van der Waals surface area contributed by atoms with Crippen molar-refractivity contribution in [1.82, 2.24) is 10.2 Å². The van der Waals surface area contributed by atoms with Gasteiger partial charge in [-0.1, -0.05) is 49.6 Å². The van der Waals surface area contributed by atoms with Gasteiger partial charge in [0.2, 0.25) is 0 Å². The van der Waals surface area contributed by atoms with Crippen molar-refractivity contribution in [2.45, 2.75) is 38.6 Å². The number of fused-ring (bicyclic) bond motifs is 1. The lowest BCUT2D eigenvalue weighted by molar-refractivity contribution is 0.102. The molecule has 3 nitrogen and oxygen atoms in total. The number of carbonyl (C=O) groups excluding carboxylic acids is 1. The van der Waals surface area contributed by atoms with Gasteiger partial charge in [0.05, 0.1) is 0 Å². The number of hydrogen-bond donors (Lipinski definition) is 1. The highest BCUT2D eigenvalue weighted by molar-refractivity contribution is 5.74. The van der Waals surface area contributed by atoms with E-state index < -0.39 is 0 Å².